The lowest BCUT2D eigenvalue weighted by Crippen LogP contribution is -2.45. The maximum Gasteiger partial charge on any atom is 0.234 e. The molecule has 0 radical (unpaired) electrons. The molecule has 2 rings (SSSR count). The molecule has 0 aliphatic carbocycles. The van der Waals surface area contributed by atoms with E-state index in [0.717, 1.165) is 0 Å². The first-order chi connectivity index (χ1) is 9.46. The van der Waals surface area contributed by atoms with Crippen molar-refractivity contribution < 1.29 is 17.6 Å². The molecular formula is C13H17FN2O3S. The van der Waals surface area contributed by atoms with Gasteiger partial charge in [0.2, 0.25) is 5.91 Å². The Bertz CT molecular complexity index is 575. The second-order valence-corrected chi connectivity index (χ2v) is 7.10. The van der Waals surface area contributed by atoms with Crippen LogP contribution in [0.2, 0.25) is 0 Å². The molecule has 1 aliphatic heterocycles. The summed E-state index contributed by atoms with van der Waals surface area (Å²) in [4.78, 5) is 13.5. The van der Waals surface area contributed by atoms with E-state index in [0.29, 0.717) is 18.7 Å². The van der Waals surface area contributed by atoms with Gasteiger partial charge in [0, 0.05) is 25.2 Å². The van der Waals surface area contributed by atoms with Crippen molar-refractivity contribution in [3.63, 3.8) is 0 Å². The van der Waals surface area contributed by atoms with E-state index in [1.54, 1.807) is 23.1 Å². The van der Waals surface area contributed by atoms with Crippen molar-refractivity contribution in [2.45, 2.75) is 6.54 Å². The zero-order valence-corrected chi connectivity index (χ0v) is 11.8. The lowest BCUT2D eigenvalue weighted by molar-refractivity contribution is -0.122. The SMILES string of the molecule is O=C(CN1CCS(=O)(=O)CC1)NCc1ccccc1F. The average molecular weight is 300 g/mol. The molecule has 0 atom stereocenters. The standard InChI is InChI=1S/C13H17FN2O3S/c14-12-4-2-1-3-11(12)9-15-13(17)10-16-5-7-20(18,19)8-6-16/h1-4H,5-10H2,(H,15,17). The van der Waals surface area contributed by atoms with Crippen LogP contribution in [0.15, 0.2) is 24.3 Å². The van der Waals surface area contributed by atoms with Gasteiger partial charge in [-0.1, -0.05) is 18.2 Å². The normalized spacial score (nSPS) is 18.6. The molecule has 1 aromatic carbocycles. The van der Waals surface area contributed by atoms with E-state index >= 15 is 0 Å². The minimum absolute atomic E-state index is 0.0909. The summed E-state index contributed by atoms with van der Waals surface area (Å²) in [7, 11) is -2.94. The predicted molar refractivity (Wildman–Crippen MR) is 73.3 cm³/mol. The third kappa shape index (κ3) is 4.28. The molecule has 0 spiro atoms. The third-order valence-electron chi connectivity index (χ3n) is 3.24. The first-order valence-corrected chi connectivity index (χ1v) is 8.21. The molecule has 110 valence electrons. The second kappa shape index (κ2) is 6.32. The van der Waals surface area contributed by atoms with Crippen molar-refractivity contribution in [1.82, 2.24) is 10.2 Å². The number of benzene rings is 1. The Morgan fingerprint density at radius 2 is 1.90 bits per heavy atom. The van der Waals surface area contributed by atoms with Crippen LogP contribution in [0, 0.1) is 5.82 Å². The summed E-state index contributed by atoms with van der Waals surface area (Å²) in [5.74, 6) is -0.398. The maximum absolute atomic E-state index is 13.4. The van der Waals surface area contributed by atoms with Gasteiger partial charge in [0.15, 0.2) is 9.84 Å². The van der Waals surface area contributed by atoms with Gasteiger partial charge in [0.1, 0.15) is 5.82 Å². The molecule has 20 heavy (non-hydrogen) atoms. The van der Waals surface area contributed by atoms with Crippen LogP contribution in [0.3, 0.4) is 0 Å². The average Bonchev–Trinajstić information content (AvgIpc) is 2.40. The van der Waals surface area contributed by atoms with Gasteiger partial charge in [-0.05, 0) is 6.07 Å². The molecule has 5 nitrogen and oxygen atoms in total. The summed E-state index contributed by atoms with van der Waals surface area (Å²) in [6.07, 6.45) is 0. The molecular weight excluding hydrogens is 283 g/mol. The van der Waals surface area contributed by atoms with E-state index in [-0.39, 0.29) is 36.3 Å². The fraction of sp³-hybridized carbons (Fsp3) is 0.462. The van der Waals surface area contributed by atoms with Crippen molar-refractivity contribution in [2.75, 3.05) is 31.1 Å². The molecule has 1 fully saturated rings. The van der Waals surface area contributed by atoms with E-state index in [4.69, 9.17) is 0 Å². The molecule has 0 saturated carbocycles. The third-order valence-corrected chi connectivity index (χ3v) is 4.85. The summed E-state index contributed by atoms with van der Waals surface area (Å²) < 4.78 is 35.9. The Balaban J connectivity index is 1.78. The Hall–Kier alpha value is -1.47. The zero-order chi connectivity index (χ0) is 14.6. The molecule has 1 aromatic rings. The minimum Gasteiger partial charge on any atom is -0.351 e. The number of sulfone groups is 1. The molecule has 1 N–H and O–H groups in total. The highest BCUT2D eigenvalue weighted by atomic mass is 32.2. The Labute approximate surface area is 117 Å². The van der Waals surface area contributed by atoms with E-state index < -0.39 is 9.84 Å². The number of amides is 1. The zero-order valence-electron chi connectivity index (χ0n) is 11.0. The summed E-state index contributed by atoms with van der Waals surface area (Å²) in [6, 6.07) is 6.26. The van der Waals surface area contributed by atoms with E-state index in [1.807, 2.05) is 0 Å². The van der Waals surface area contributed by atoms with E-state index in [2.05, 4.69) is 5.32 Å². The number of carbonyl (C=O) groups excluding carboxylic acids is 1. The number of halogens is 1. The van der Waals surface area contributed by atoms with Crippen LogP contribution >= 0.6 is 0 Å². The quantitative estimate of drug-likeness (QED) is 0.861. The molecule has 7 heteroatoms. The number of carbonyl (C=O) groups is 1. The smallest absolute Gasteiger partial charge is 0.234 e. The van der Waals surface area contributed by atoms with Crippen molar-refractivity contribution >= 4 is 15.7 Å². The first-order valence-electron chi connectivity index (χ1n) is 6.39. The molecule has 0 unspecified atom stereocenters. The van der Waals surface area contributed by atoms with Gasteiger partial charge in [-0.15, -0.1) is 0 Å². The summed E-state index contributed by atoms with van der Waals surface area (Å²) in [6.45, 7) is 1.02. The van der Waals surface area contributed by atoms with Crippen molar-refractivity contribution in [3.8, 4) is 0 Å². The van der Waals surface area contributed by atoms with Crippen molar-refractivity contribution in [3.05, 3.63) is 35.6 Å². The summed E-state index contributed by atoms with van der Waals surface area (Å²) in [5, 5.41) is 2.64. The first kappa shape index (κ1) is 14.9. The lowest BCUT2D eigenvalue weighted by Gasteiger charge is -2.25. The van der Waals surface area contributed by atoms with E-state index in [9.17, 15) is 17.6 Å². The highest BCUT2D eigenvalue weighted by Crippen LogP contribution is 2.06. The van der Waals surface area contributed by atoms with Crippen LogP contribution in [-0.2, 0) is 21.2 Å². The number of hydrogen-bond acceptors (Lipinski definition) is 4. The fourth-order valence-corrected chi connectivity index (χ4v) is 3.28. The number of nitrogens with zero attached hydrogens (tertiary/aromatic N) is 1. The Morgan fingerprint density at radius 3 is 2.55 bits per heavy atom. The summed E-state index contributed by atoms with van der Waals surface area (Å²) >= 11 is 0. The Morgan fingerprint density at radius 1 is 1.25 bits per heavy atom. The van der Waals surface area contributed by atoms with Crippen LogP contribution in [0.5, 0.6) is 0 Å². The molecule has 0 aromatic heterocycles. The lowest BCUT2D eigenvalue weighted by atomic mass is 10.2. The number of hydrogen-bond donors (Lipinski definition) is 1. The molecule has 1 aliphatic rings. The van der Waals surface area contributed by atoms with Gasteiger partial charge in [-0.2, -0.15) is 0 Å². The van der Waals surface area contributed by atoms with Gasteiger partial charge in [0.05, 0.1) is 18.1 Å². The fourth-order valence-electron chi connectivity index (χ4n) is 2.00. The summed E-state index contributed by atoms with van der Waals surface area (Å²) in [5.41, 5.74) is 0.432. The Kier molecular flexibility index (Phi) is 4.72. The van der Waals surface area contributed by atoms with Gasteiger partial charge in [-0.25, -0.2) is 12.8 Å². The highest BCUT2D eigenvalue weighted by molar-refractivity contribution is 7.91. The van der Waals surface area contributed by atoms with Crippen LogP contribution in [0.1, 0.15) is 5.56 Å². The van der Waals surface area contributed by atoms with Crippen LogP contribution in [-0.4, -0.2) is 50.4 Å². The number of nitrogens with one attached hydrogen (secondary N) is 1. The van der Waals surface area contributed by atoms with Gasteiger partial charge in [0.25, 0.3) is 0 Å². The maximum atomic E-state index is 13.4. The minimum atomic E-state index is -2.94. The van der Waals surface area contributed by atoms with Gasteiger partial charge < -0.3 is 5.32 Å². The number of rotatable bonds is 4. The van der Waals surface area contributed by atoms with Gasteiger partial charge in [-0.3, -0.25) is 9.69 Å². The molecule has 1 saturated heterocycles. The van der Waals surface area contributed by atoms with Crippen molar-refractivity contribution in [1.29, 1.82) is 0 Å². The van der Waals surface area contributed by atoms with Gasteiger partial charge >= 0.3 is 0 Å². The van der Waals surface area contributed by atoms with Crippen LogP contribution < -0.4 is 5.32 Å². The van der Waals surface area contributed by atoms with E-state index in [1.165, 1.54) is 6.07 Å². The predicted octanol–water partition coefficient (Wildman–Crippen LogP) is 0.172. The largest absolute Gasteiger partial charge is 0.351 e. The molecule has 1 heterocycles. The topological polar surface area (TPSA) is 66.5 Å². The van der Waals surface area contributed by atoms with Crippen LogP contribution in [0.4, 0.5) is 4.39 Å². The van der Waals surface area contributed by atoms with Crippen molar-refractivity contribution in [2.24, 2.45) is 0 Å². The highest BCUT2D eigenvalue weighted by Gasteiger charge is 2.22. The molecule has 0 bridgehead atoms. The second-order valence-electron chi connectivity index (χ2n) is 4.80. The molecule has 1 amide bonds. The van der Waals surface area contributed by atoms with Crippen LogP contribution in [0.25, 0.3) is 0 Å². The monoisotopic (exact) mass is 300 g/mol.